The van der Waals surface area contributed by atoms with E-state index in [-0.39, 0.29) is 0 Å². The van der Waals surface area contributed by atoms with Crippen LogP contribution in [-0.2, 0) is 0 Å². The van der Waals surface area contributed by atoms with Crippen LogP contribution in [0.1, 0.15) is 50.5 Å². The average molecular weight is 306 g/mol. The lowest BCUT2D eigenvalue weighted by Gasteiger charge is -2.27. The van der Waals surface area contributed by atoms with Gasteiger partial charge < -0.3 is 4.98 Å². The molecule has 1 fully saturated rings. The second-order valence-electron chi connectivity index (χ2n) is 5.62. The molecular formula is C16H20BrN. The molecule has 1 saturated carbocycles. The maximum absolute atomic E-state index is 3.58. The van der Waals surface area contributed by atoms with Crippen LogP contribution in [0, 0.1) is 5.92 Å². The Balaban J connectivity index is 1.95. The molecule has 2 heteroatoms. The Morgan fingerprint density at radius 2 is 2.00 bits per heavy atom. The van der Waals surface area contributed by atoms with Crippen molar-refractivity contribution in [2.75, 3.05) is 0 Å². The van der Waals surface area contributed by atoms with Crippen LogP contribution in [0.15, 0.2) is 28.9 Å². The van der Waals surface area contributed by atoms with Crippen molar-refractivity contribution in [1.29, 1.82) is 0 Å². The van der Waals surface area contributed by atoms with E-state index in [1.807, 2.05) is 0 Å². The summed E-state index contributed by atoms with van der Waals surface area (Å²) < 4.78 is 1.17. The van der Waals surface area contributed by atoms with Crippen molar-refractivity contribution >= 4 is 26.8 Å². The second-order valence-corrected chi connectivity index (χ2v) is 6.54. The van der Waals surface area contributed by atoms with Crippen molar-refractivity contribution in [3.05, 3.63) is 34.4 Å². The predicted molar refractivity (Wildman–Crippen MR) is 81.0 cm³/mol. The fourth-order valence-corrected chi connectivity index (χ4v) is 3.74. The SMILES string of the molecule is CC(c1c[nH]c2ccc(Br)cc12)C1CCCCC1. The van der Waals surface area contributed by atoms with Crippen molar-refractivity contribution in [3.63, 3.8) is 0 Å². The number of halogens is 1. The van der Waals surface area contributed by atoms with E-state index in [1.54, 1.807) is 0 Å². The molecule has 0 radical (unpaired) electrons. The van der Waals surface area contributed by atoms with Gasteiger partial charge in [0.1, 0.15) is 0 Å². The Morgan fingerprint density at radius 3 is 2.78 bits per heavy atom. The number of fused-ring (bicyclic) bond motifs is 1. The van der Waals surface area contributed by atoms with Crippen LogP contribution >= 0.6 is 15.9 Å². The fraction of sp³-hybridized carbons (Fsp3) is 0.500. The molecule has 1 unspecified atom stereocenters. The van der Waals surface area contributed by atoms with Crippen LogP contribution in [0.3, 0.4) is 0 Å². The van der Waals surface area contributed by atoms with Crippen molar-refractivity contribution in [2.24, 2.45) is 5.92 Å². The average Bonchev–Trinajstić information content (AvgIpc) is 2.82. The monoisotopic (exact) mass is 305 g/mol. The molecule has 0 amide bonds. The molecule has 1 N–H and O–H groups in total. The topological polar surface area (TPSA) is 15.8 Å². The molecule has 1 aliphatic rings. The fourth-order valence-electron chi connectivity index (χ4n) is 3.38. The molecular weight excluding hydrogens is 286 g/mol. The number of hydrogen-bond acceptors (Lipinski definition) is 0. The standard InChI is InChI=1S/C16H20BrN/c1-11(12-5-3-2-4-6-12)15-10-18-16-8-7-13(17)9-14(15)16/h7-12,18H,2-6H2,1H3. The molecule has 0 aliphatic heterocycles. The smallest absolute Gasteiger partial charge is 0.0457 e. The Morgan fingerprint density at radius 1 is 1.22 bits per heavy atom. The number of benzene rings is 1. The zero-order valence-corrected chi connectivity index (χ0v) is 12.5. The summed E-state index contributed by atoms with van der Waals surface area (Å²) in [7, 11) is 0. The van der Waals surface area contributed by atoms with Gasteiger partial charge in [-0.1, -0.05) is 42.1 Å². The van der Waals surface area contributed by atoms with Gasteiger partial charge in [0.2, 0.25) is 0 Å². The summed E-state index contributed by atoms with van der Waals surface area (Å²) in [4.78, 5) is 3.41. The van der Waals surface area contributed by atoms with Gasteiger partial charge in [0, 0.05) is 21.6 Å². The summed E-state index contributed by atoms with van der Waals surface area (Å²) >= 11 is 3.58. The highest BCUT2D eigenvalue weighted by atomic mass is 79.9. The quantitative estimate of drug-likeness (QED) is 0.742. The summed E-state index contributed by atoms with van der Waals surface area (Å²) in [5, 5.41) is 1.39. The summed E-state index contributed by atoms with van der Waals surface area (Å²) in [6.45, 7) is 2.40. The maximum Gasteiger partial charge on any atom is 0.0457 e. The van der Waals surface area contributed by atoms with Crippen LogP contribution in [0.5, 0.6) is 0 Å². The highest BCUT2D eigenvalue weighted by Crippen LogP contribution is 2.38. The van der Waals surface area contributed by atoms with Gasteiger partial charge in [0.15, 0.2) is 0 Å². The third kappa shape index (κ3) is 2.23. The first-order valence-corrected chi connectivity index (χ1v) is 7.81. The Labute approximate surface area is 117 Å². The van der Waals surface area contributed by atoms with Crippen LogP contribution < -0.4 is 0 Å². The molecule has 0 spiro atoms. The van der Waals surface area contributed by atoms with Crippen molar-refractivity contribution in [2.45, 2.75) is 44.9 Å². The molecule has 1 aliphatic carbocycles. The van der Waals surface area contributed by atoms with Crippen LogP contribution in [0.2, 0.25) is 0 Å². The minimum Gasteiger partial charge on any atom is -0.361 e. The number of nitrogens with one attached hydrogen (secondary N) is 1. The number of H-pyrrole nitrogens is 1. The van der Waals surface area contributed by atoms with E-state index >= 15 is 0 Å². The number of aromatic amines is 1. The van der Waals surface area contributed by atoms with E-state index in [4.69, 9.17) is 0 Å². The molecule has 1 aromatic carbocycles. The highest BCUT2D eigenvalue weighted by Gasteiger charge is 2.23. The molecule has 96 valence electrons. The minimum atomic E-state index is 0.674. The van der Waals surface area contributed by atoms with E-state index in [1.165, 1.54) is 53.0 Å². The van der Waals surface area contributed by atoms with Crippen LogP contribution in [0.25, 0.3) is 10.9 Å². The Bertz CT molecular complexity index is 537. The van der Waals surface area contributed by atoms with Crippen LogP contribution in [0.4, 0.5) is 0 Å². The molecule has 1 nitrogen and oxygen atoms in total. The van der Waals surface area contributed by atoms with Gasteiger partial charge in [0.25, 0.3) is 0 Å². The predicted octanol–water partition coefficient (Wildman–Crippen LogP) is 5.61. The van der Waals surface area contributed by atoms with Gasteiger partial charge in [-0.2, -0.15) is 0 Å². The molecule has 1 heterocycles. The molecule has 0 saturated heterocycles. The van der Waals surface area contributed by atoms with Crippen molar-refractivity contribution in [3.8, 4) is 0 Å². The lowest BCUT2D eigenvalue weighted by molar-refractivity contribution is 0.317. The van der Waals surface area contributed by atoms with E-state index in [2.05, 4.69) is 52.2 Å². The zero-order chi connectivity index (χ0) is 12.5. The van der Waals surface area contributed by atoms with Gasteiger partial charge in [-0.15, -0.1) is 0 Å². The molecule has 3 rings (SSSR count). The Hall–Kier alpha value is -0.760. The van der Waals surface area contributed by atoms with Gasteiger partial charge in [-0.3, -0.25) is 0 Å². The number of hydrogen-bond donors (Lipinski definition) is 1. The van der Waals surface area contributed by atoms with Crippen LogP contribution in [-0.4, -0.2) is 4.98 Å². The van der Waals surface area contributed by atoms with E-state index in [0.29, 0.717) is 5.92 Å². The summed E-state index contributed by atoms with van der Waals surface area (Å²) in [5.74, 6) is 1.55. The molecule has 1 atom stereocenters. The Kier molecular flexibility index (Phi) is 3.47. The highest BCUT2D eigenvalue weighted by molar-refractivity contribution is 9.10. The van der Waals surface area contributed by atoms with Gasteiger partial charge in [-0.05, 0) is 48.4 Å². The van der Waals surface area contributed by atoms with E-state index in [0.717, 1.165) is 5.92 Å². The largest absolute Gasteiger partial charge is 0.361 e. The van der Waals surface area contributed by atoms with Gasteiger partial charge >= 0.3 is 0 Å². The summed E-state index contributed by atoms with van der Waals surface area (Å²) in [5.41, 5.74) is 2.76. The third-order valence-corrected chi connectivity index (χ3v) is 5.02. The van der Waals surface area contributed by atoms with E-state index in [9.17, 15) is 0 Å². The molecule has 2 aromatic rings. The van der Waals surface area contributed by atoms with E-state index < -0.39 is 0 Å². The van der Waals surface area contributed by atoms with Gasteiger partial charge in [0.05, 0.1) is 0 Å². The first kappa shape index (κ1) is 12.3. The second kappa shape index (κ2) is 5.08. The number of aromatic nitrogens is 1. The van der Waals surface area contributed by atoms with Gasteiger partial charge in [-0.25, -0.2) is 0 Å². The molecule has 0 bridgehead atoms. The molecule has 18 heavy (non-hydrogen) atoms. The first-order valence-electron chi connectivity index (χ1n) is 7.02. The summed E-state index contributed by atoms with van der Waals surface area (Å²) in [6.07, 6.45) is 9.30. The summed E-state index contributed by atoms with van der Waals surface area (Å²) in [6, 6.07) is 6.52. The third-order valence-electron chi connectivity index (χ3n) is 4.52. The lowest BCUT2D eigenvalue weighted by Crippen LogP contribution is -2.13. The first-order chi connectivity index (χ1) is 8.75. The number of rotatable bonds is 2. The van der Waals surface area contributed by atoms with Crippen molar-refractivity contribution < 1.29 is 0 Å². The maximum atomic E-state index is 3.58. The molecule has 1 aromatic heterocycles. The normalized spacial score (nSPS) is 19.2. The van der Waals surface area contributed by atoms with Crippen molar-refractivity contribution in [1.82, 2.24) is 4.98 Å². The minimum absolute atomic E-state index is 0.674. The zero-order valence-electron chi connectivity index (χ0n) is 10.9. The lowest BCUT2D eigenvalue weighted by atomic mass is 9.78.